The summed E-state index contributed by atoms with van der Waals surface area (Å²) in [6.07, 6.45) is 7.84. The summed E-state index contributed by atoms with van der Waals surface area (Å²) in [6.45, 7) is 7.44. The van der Waals surface area contributed by atoms with E-state index in [1.165, 1.54) is 36.3 Å². The second kappa shape index (κ2) is 11.8. The van der Waals surface area contributed by atoms with Gasteiger partial charge in [0.15, 0.2) is 11.6 Å². The average molecular weight is 500 g/mol. The van der Waals surface area contributed by atoms with Gasteiger partial charge in [-0.25, -0.2) is 0 Å². The molecule has 0 radical (unpaired) electrons. The van der Waals surface area contributed by atoms with Crippen LogP contribution < -0.4 is 10.6 Å². The number of carbonyl (C=O) groups is 4. The van der Waals surface area contributed by atoms with E-state index in [-0.39, 0.29) is 24.7 Å². The highest BCUT2D eigenvalue weighted by Gasteiger charge is 2.40. The molecule has 0 heterocycles. The lowest BCUT2D eigenvalue weighted by Gasteiger charge is -2.16. The fourth-order valence-electron chi connectivity index (χ4n) is 4.58. The Morgan fingerprint density at radius 2 is 1.62 bits per heavy atom. The normalized spacial score (nSPS) is 15.2. The largest absolute Gasteiger partial charge is 0.344 e. The Kier molecular flexibility index (Phi) is 8.77. The highest BCUT2D eigenvalue weighted by atomic mass is 16.2. The lowest BCUT2D eigenvalue weighted by Crippen LogP contribution is -2.41. The van der Waals surface area contributed by atoms with E-state index in [1.807, 2.05) is 24.3 Å². The Morgan fingerprint density at radius 1 is 0.946 bits per heavy atom. The average Bonchev–Trinajstić information content (AvgIpc) is 3.63. The summed E-state index contributed by atoms with van der Waals surface area (Å²) in [5, 5.41) is 15.3. The standard InChI is InChI=1S/C17H18O.C13H15N3O3/c1-11-7-8-15(17(3)9-10-17)14-6-4-5-13(12(2)18)16(11)14;1-9(17)11-5-3-2-4-10(11)8-16-13(19)12(18)15-7-6-14/h4-8H,9-10H2,1-3H3;4-5H,2-3,7-8H2,1H3,(H,15,18)(H,16,19). The highest BCUT2D eigenvalue weighted by molar-refractivity contribution is 6.35. The van der Waals surface area contributed by atoms with Crippen molar-refractivity contribution in [2.45, 2.75) is 58.8 Å². The van der Waals surface area contributed by atoms with Crippen molar-refractivity contribution in [2.24, 2.45) is 0 Å². The molecular weight excluding hydrogens is 466 g/mol. The molecule has 7 nitrogen and oxygen atoms in total. The van der Waals surface area contributed by atoms with Gasteiger partial charge in [-0.1, -0.05) is 49.4 Å². The number of hydrogen-bond donors (Lipinski definition) is 2. The third-order valence-corrected chi connectivity index (χ3v) is 6.88. The van der Waals surface area contributed by atoms with Crippen LogP contribution in [0.15, 0.2) is 53.6 Å². The summed E-state index contributed by atoms with van der Waals surface area (Å²) in [5.74, 6) is -1.58. The Bertz CT molecular complexity index is 1360. The van der Waals surface area contributed by atoms with E-state index in [0.29, 0.717) is 11.0 Å². The van der Waals surface area contributed by atoms with Gasteiger partial charge in [0.1, 0.15) is 6.54 Å². The van der Waals surface area contributed by atoms with Crippen molar-refractivity contribution in [1.82, 2.24) is 10.6 Å². The number of carbonyl (C=O) groups excluding carboxylic acids is 4. The van der Waals surface area contributed by atoms with Gasteiger partial charge in [0.05, 0.1) is 6.07 Å². The maximum Gasteiger partial charge on any atom is 0.310 e. The molecule has 37 heavy (non-hydrogen) atoms. The summed E-state index contributed by atoms with van der Waals surface area (Å²) < 4.78 is 0. The summed E-state index contributed by atoms with van der Waals surface area (Å²) >= 11 is 0. The van der Waals surface area contributed by atoms with Crippen LogP contribution in [0.25, 0.3) is 10.8 Å². The molecule has 0 spiro atoms. The van der Waals surface area contributed by atoms with Crippen molar-refractivity contribution in [1.29, 1.82) is 5.26 Å². The number of fused-ring (bicyclic) bond motifs is 1. The van der Waals surface area contributed by atoms with E-state index >= 15 is 0 Å². The number of aryl methyl sites for hydroxylation is 1. The fraction of sp³-hybridized carbons (Fsp3) is 0.367. The lowest BCUT2D eigenvalue weighted by atomic mass is 9.88. The SMILES string of the molecule is CC(=O)C1=CCCC=C1CNC(=O)C(=O)NCC#N.CC(=O)c1cccc2c(C3(C)CC3)ccc(C)c12. The first-order valence-electron chi connectivity index (χ1n) is 12.5. The molecule has 2 aromatic carbocycles. The van der Waals surface area contributed by atoms with Gasteiger partial charge < -0.3 is 10.6 Å². The Hall–Kier alpha value is -4.05. The topological polar surface area (TPSA) is 116 Å². The molecule has 2 aliphatic rings. The number of rotatable bonds is 6. The van der Waals surface area contributed by atoms with Gasteiger partial charge >= 0.3 is 11.8 Å². The maximum atomic E-state index is 11.8. The molecular formula is C30H33N3O4. The molecule has 0 aliphatic heterocycles. The zero-order valence-corrected chi connectivity index (χ0v) is 21.9. The van der Waals surface area contributed by atoms with Gasteiger partial charge in [0.2, 0.25) is 0 Å². The van der Waals surface area contributed by atoms with Crippen molar-refractivity contribution >= 4 is 34.2 Å². The van der Waals surface area contributed by atoms with Gasteiger partial charge in [-0.05, 0) is 79.3 Å². The van der Waals surface area contributed by atoms with E-state index in [9.17, 15) is 19.2 Å². The minimum Gasteiger partial charge on any atom is -0.344 e. The van der Waals surface area contributed by atoms with Crippen LogP contribution in [0.4, 0.5) is 0 Å². The smallest absolute Gasteiger partial charge is 0.310 e. The number of amides is 2. The number of nitrogens with one attached hydrogen (secondary N) is 2. The quantitative estimate of drug-likeness (QED) is 0.348. The van der Waals surface area contributed by atoms with Crippen LogP contribution in [0.3, 0.4) is 0 Å². The molecule has 7 heteroatoms. The van der Waals surface area contributed by atoms with Gasteiger partial charge in [-0.2, -0.15) is 5.26 Å². The van der Waals surface area contributed by atoms with Gasteiger partial charge in [-0.3, -0.25) is 19.2 Å². The molecule has 0 saturated heterocycles. The Balaban J connectivity index is 0.000000206. The molecule has 0 atom stereocenters. The van der Waals surface area contributed by atoms with E-state index in [0.717, 1.165) is 29.4 Å². The maximum absolute atomic E-state index is 11.8. The van der Waals surface area contributed by atoms with E-state index in [2.05, 4.69) is 42.7 Å². The van der Waals surface area contributed by atoms with Crippen LogP contribution in [-0.2, 0) is 19.8 Å². The van der Waals surface area contributed by atoms with Crippen molar-refractivity contribution < 1.29 is 19.2 Å². The summed E-state index contributed by atoms with van der Waals surface area (Å²) in [4.78, 5) is 45.8. The Labute approximate surface area is 217 Å². The van der Waals surface area contributed by atoms with E-state index in [4.69, 9.17) is 5.26 Å². The minimum atomic E-state index is -0.855. The van der Waals surface area contributed by atoms with Crippen molar-refractivity contribution in [2.75, 3.05) is 13.1 Å². The predicted octanol–water partition coefficient (Wildman–Crippen LogP) is 4.38. The number of ketones is 2. The highest BCUT2D eigenvalue weighted by Crippen LogP contribution is 2.50. The summed E-state index contributed by atoms with van der Waals surface area (Å²) in [5.41, 5.74) is 5.11. The van der Waals surface area contributed by atoms with Crippen LogP contribution in [0, 0.1) is 18.3 Å². The Morgan fingerprint density at radius 3 is 2.24 bits per heavy atom. The first kappa shape index (κ1) is 27.5. The lowest BCUT2D eigenvalue weighted by molar-refractivity contribution is -0.138. The molecule has 192 valence electrons. The first-order chi connectivity index (χ1) is 17.6. The number of hydrogen-bond acceptors (Lipinski definition) is 5. The number of nitrogens with zero attached hydrogens (tertiary/aromatic N) is 1. The minimum absolute atomic E-state index is 0.0610. The van der Waals surface area contributed by atoms with Crippen LogP contribution in [0.2, 0.25) is 0 Å². The summed E-state index contributed by atoms with van der Waals surface area (Å²) in [6, 6.07) is 12.2. The molecule has 0 aromatic heterocycles. The van der Waals surface area contributed by atoms with Crippen LogP contribution >= 0.6 is 0 Å². The molecule has 1 saturated carbocycles. The first-order valence-corrected chi connectivity index (χ1v) is 12.5. The van der Waals surface area contributed by atoms with Gasteiger partial charge in [0.25, 0.3) is 0 Å². The zero-order chi connectivity index (χ0) is 27.2. The molecule has 2 amide bonds. The predicted molar refractivity (Wildman–Crippen MR) is 143 cm³/mol. The van der Waals surface area contributed by atoms with Crippen LogP contribution in [0.1, 0.15) is 67.9 Å². The molecule has 0 bridgehead atoms. The number of benzene rings is 2. The summed E-state index contributed by atoms with van der Waals surface area (Å²) in [7, 11) is 0. The zero-order valence-electron chi connectivity index (χ0n) is 21.9. The number of nitriles is 1. The molecule has 2 aliphatic carbocycles. The van der Waals surface area contributed by atoms with Gasteiger partial charge in [-0.15, -0.1) is 0 Å². The van der Waals surface area contributed by atoms with Crippen LogP contribution in [0.5, 0.6) is 0 Å². The second-order valence-corrected chi connectivity index (χ2v) is 9.78. The third kappa shape index (κ3) is 6.59. The van der Waals surface area contributed by atoms with Crippen molar-refractivity contribution in [3.05, 3.63) is 70.3 Å². The van der Waals surface area contributed by atoms with Crippen LogP contribution in [-0.4, -0.2) is 36.5 Å². The molecule has 1 fully saturated rings. The van der Waals surface area contributed by atoms with Crippen molar-refractivity contribution in [3.63, 3.8) is 0 Å². The number of Topliss-reactive ketones (excluding diaryl/α,β-unsaturated/α-hetero) is 2. The molecule has 2 aromatic rings. The second-order valence-electron chi connectivity index (χ2n) is 9.78. The van der Waals surface area contributed by atoms with Gasteiger partial charge in [0, 0.05) is 17.7 Å². The molecule has 2 N–H and O–H groups in total. The number of allylic oxidation sites excluding steroid dienone is 2. The molecule has 0 unspecified atom stereocenters. The van der Waals surface area contributed by atoms with Crippen molar-refractivity contribution in [3.8, 4) is 6.07 Å². The van der Waals surface area contributed by atoms with E-state index in [1.54, 1.807) is 13.0 Å². The van der Waals surface area contributed by atoms with E-state index < -0.39 is 11.8 Å². The fourth-order valence-corrected chi connectivity index (χ4v) is 4.58. The molecule has 4 rings (SSSR count). The third-order valence-electron chi connectivity index (χ3n) is 6.88. The monoisotopic (exact) mass is 499 g/mol.